The number of aromatic amines is 1. The molecule has 1 saturated heterocycles. The second kappa shape index (κ2) is 19.1. The molecule has 1 fully saturated rings. The molecule has 0 bridgehead atoms. The van der Waals surface area contributed by atoms with Crippen molar-refractivity contribution >= 4 is 13.8 Å². The van der Waals surface area contributed by atoms with Crippen molar-refractivity contribution < 1.29 is 38.3 Å². The number of phosphoric ester groups is 1. The van der Waals surface area contributed by atoms with Crippen LogP contribution in [0.1, 0.15) is 103 Å². The molecule has 0 amide bonds. The maximum atomic E-state index is 11.7. The molecule has 1 aliphatic heterocycles. The number of rotatable bonds is 17. The van der Waals surface area contributed by atoms with Gasteiger partial charge < -0.3 is 24.4 Å². The van der Waals surface area contributed by atoms with E-state index in [0.717, 1.165) is 11.0 Å². The molecule has 40 heavy (non-hydrogen) atoms. The highest BCUT2D eigenvalue weighted by molar-refractivity contribution is 7.46. The number of aryl methyl sites for hydroxylation is 1. The lowest BCUT2D eigenvalue weighted by molar-refractivity contribution is -0.139. The number of nitrogens with one attached hydrogen (secondary N) is 1. The number of esters is 1. The van der Waals surface area contributed by atoms with Crippen LogP contribution in [-0.2, 0) is 23.4 Å². The van der Waals surface area contributed by atoms with Crippen molar-refractivity contribution in [1.29, 1.82) is 0 Å². The number of nitrogens with zero attached hydrogens (tertiary/aromatic N) is 1. The van der Waals surface area contributed by atoms with Gasteiger partial charge in [-0.25, -0.2) is 14.2 Å². The van der Waals surface area contributed by atoms with Crippen molar-refractivity contribution in [2.24, 2.45) is 0 Å². The molecular weight excluding hydrogens is 543 g/mol. The Balaban J connectivity index is 0.000000403. The van der Waals surface area contributed by atoms with Crippen molar-refractivity contribution in [3.8, 4) is 0 Å². The molecule has 230 valence electrons. The summed E-state index contributed by atoms with van der Waals surface area (Å²) in [5, 5.41) is 9.79. The quantitative estimate of drug-likeness (QED) is 0.0897. The van der Waals surface area contributed by atoms with Gasteiger partial charge >= 0.3 is 19.5 Å². The highest BCUT2D eigenvalue weighted by Crippen LogP contribution is 2.38. The fourth-order valence-electron chi connectivity index (χ4n) is 4.06. The number of carbonyl (C=O) groups excluding carboxylic acids is 1. The van der Waals surface area contributed by atoms with Crippen LogP contribution < -0.4 is 11.2 Å². The number of aliphatic hydroxyl groups excluding tert-OH is 1. The van der Waals surface area contributed by atoms with E-state index in [4.69, 9.17) is 19.3 Å². The molecule has 1 aromatic rings. The molecule has 13 heteroatoms. The van der Waals surface area contributed by atoms with Gasteiger partial charge in [-0.1, -0.05) is 77.7 Å². The van der Waals surface area contributed by atoms with Crippen LogP contribution in [0.15, 0.2) is 27.9 Å². The number of ether oxygens (including phenoxy) is 2. The summed E-state index contributed by atoms with van der Waals surface area (Å²) in [5.74, 6) is -0.257. The van der Waals surface area contributed by atoms with Gasteiger partial charge in [-0.3, -0.25) is 18.9 Å². The fourth-order valence-corrected chi connectivity index (χ4v) is 4.40. The molecule has 0 aliphatic carbocycles. The third-order valence-corrected chi connectivity index (χ3v) is 6.88. The number of H-pyrrole nitrogens is 1. The Hall–Kier alpha value is -2.08. The van der Waals surface area contributed by atoms with E-state index in [-0.39, 0.29) is 12.4 Å². The predicted molar refractivity (Wildman–Crippen MR) is 151 cm³/mol. The van der Waals surface area contributed by atoms with Crippen LogP contribution in [-0.4, -0.2) is 55.8 Å². The first-order valence-electron chi connectivity index (χ1n) is 14.0. The van der Waals surface area contributed by atoms with Crippen LogP contribution in [0.3, 0.4) is 0 Å². The van der Waals surface area contributed by atoms with Crippen LogP contribution >= 0.6 is 7.82 Å². The SMILES string of the molecule is C=C(C)C(=O)OCCCCCCCCCCCCC.Cc1cn([C@H]2C[C@H](O)[C@@H](COP(=O)(O)O)O2)c(=O)[nH]c1=O. The minimum atomic E-state index is -4.67. The number of phosphoric acid groups is 1. The molecule has 2 rings (SSSR count). The number of carbonyl (C=O) groups is 1. The molecule has 3 atom stereocenters. The lowest BCUT2D eigenvalue weighted by Crippen LogP contribution is -2.33. The van der Waals surface area contributed by atoms with Gasteiger partial charge in [-0.2, -0.15) is 0 Å². The molecule has 12 nitrogen and oxygen atoms in total. The summed E-state index contributed by atoms with van der Waals surface area (Å²) in [6.07, 6.45) is 12.8. The number of aliphatic hydroxyl groups is 1. The lowest BCUT2D eigenvalue weighted by Gasteiger charge is -2.16. The molecule has 0 saturated carbocycles. The number of hydrogen-bond acceptors (Lipinski definition) is 8. The zero-order chi connectivity index (χ0) is 30.1. The van der Waals surface area contributed by atoms with Crippen LogP contribution in [0, 0.1) is 6.92 Å². The largest absolute Gasteiger partial charge is 0.469 e. The van der Waals surface area contributed by atoms with Gasteiger partial charge in [0, 0.05) is 23.8 Å². The zero-order valence-electron chi connectivity index (χ0n) is 24.0. The van der Waals surface area contributed by atoms with Crippen molar-refractivity contribution in [3.63, 3.8) is 0 Å². The third-order valence-electron chi connectivity index (χ3n) is 6.40. The summed E-state index contributed by atoms with van der Waals surface area (Å²) < 4.78 is 26.4. The minimum absolute atomic E-state index is 0.0283. The molecule has 2 heterocycles. The van der Waals surface area contributed by atoms with Crippen molar-refractivity contribution in [2.45, 2.75) is 116 Å². The molecule has 0 unspecified atom stereocenters. The zero-order valence-corrected chi connectivity index (χ0v) is 24.9. The number of aromatic nitrogens is 2. The first kappa shape index (κ1) is 35.9. The van der Waals surface area contributed by atoms with Crippen molar-refractivity contribution in [2.75, 3.05) is 13.2 Å². The van der Waals surface area contributed by atoms with Crippen molar-refractivity contribution in [1.82, 2.24) is 9.55 Å². The van der Waals surface area contributed by atoms with Gasteiger partial charge in [-0.05, 0) is 20.3 Å². The van der Waals surface area contributed by atoms with E-state index in [9.17, 15) is 24.1 Å². The highest BCUT2D eigenvalue weighted by atomic mass is 31.2. The first-order valence-corrected chi connectivity index (χ1v) is 15.6. The molecule has 0 aromatic carbocycles. The minimum Gasteiger partial charge on any atom is -0.462 e. The monoisotopic (exact) mass is 590 g/mol. The molecule has 0 radical (unpaired) electrons. The normalized spacial score (nSPS) is 18.7. The van der Waals surface area contributed by atoms with Gasteiger partial charge in [-0.15, -0.1) is 0 Å². The van der Waals surface area contributed by atoms with E-state index in [2.05, 4.69) is 23.0 Å². The molecule has 4 N–H and O–H groups in total. The van der Waals surface area contributed by atoms with E-state index in [1.807, 2.05) is 0 Å². The maximum absolute atomic E-state index is 11.7. The van der Waals surface area contributed by atoms with Gasteiger partial charge in [0.25, 0.3) is 5.56 Å². The van der Waals surface area contributed by atoms with E-state index < -0.39 is 44.1 Å². The second-order valence-corrected chi connectivity index (χ2v) is 11.4. The summed E-state index contributed by atoms with van der Waals surface area (Å²) in [7, 11) is -4.67. The molecule has 1 aromatic heterocycles. The van der Waals surface area contributed by atoms with Crippen LogP contribution in [0.25, 0.3) is 0 Å². The van der Waals surface area contributed by atoms with E-state index in [0.29, 0.717) is 17.7 Å². The Morgan fingerprint density at radius 2 is 1.65 bits per heavy atom. The van der Waals surface area contributed by atoms with Crippen LogP contribution in [0.4, 0.5) is 0 Å². The van der Waals surface area contributed by atoms with Crippen molar-refractivity contribution in [3.05, 3.63) is 44.8 Å². The van der Waals surface area contributed by atoms with Crippen LogP contribution in [0.2, 0.25) is 0 Å². The average Bonchev–Trinajstić information content (AvgIpc) is 3.25. The molecule has 1 aliphatic rings. The topological polar surface area (TPSA) is 177 Å². The Morgan fingerprint density at radius 3 is 2.17 bits per heavy atom. The van der Waals surface area contributed by atoms with Gasteiger partial charge in [0.2, 0.25) is 0 Å². The Bertz CT molecular complexity index is 1060. The first-order chi connectivity index (χ1) is 18.9. The molecule has 0 spiro atoms. The van der Waals surface area contributed by atoms with E-state index >= 15 is 0 Å². The summed E-state index contributed by atoms with van der Waals surface area (Å²) in [6.45, 7) is 9.03. The Labute approximate surface area is 236 Å². The van der Waals surface area contributed by atoms with Gasteiger partial charge in [0.1, 0.15) is 12.3 Å². The van der Waals surface area contributed by atoms with E-state index in [1.54, 1.807) is 6.92 Å². The smallest absolute Gasteiger partial charge is 0.462 e. The second-order valence-electron chi connectivity index (χ2n) is 10.1. The average molecular weight is 591 g/mol. The number of hydrogen-bond donors (Lipinski definition) is 4. The summed E-state index contributed by atoms with van der Waals surface area (Å²) in [4.78, 5) is 53.4. The highest BCUT2D eigenvalue weighted by Gasteiger charge is 2.37. The van der Waals surface area contributed by atoms with Gasteiger partial charge in [0.05, 0.1) is 19.3 Å². The van der Waals surface area contributed by atoms with E-state index in [1.165, 1.54) is 77.3 Å². The maximum Gasteiger partial charge on any atom is 0.469 e. The fraction of sp³-hybridized carbons (Fsp3) is 0.741. The lowest BCUT2D eigenvalue weighted by atomic mass is 10.1. The summed E-state index contributed by atoms with van der Waals surface area (Å²) >= 11 is 0. The van der Waals surface area contributed by atoms with Crippen LogP contribution in [0.5, 0.6) is 0 Å². The Kier molecular flexibility index (Phi) is 17.2. The molecular formula is C27H47N2O10P. The summed E-state index contributed by atoms with van der Waals surface area (Å²) in [5.41, 5.74) is -0.429. The standard InChI is InChI=1S/C17H32O2.C10H15N2O8P/c1-4-5-6-7-8-9-10-11-12-13-14-15-19-17(18)16(2)3;1-5-3-12(10(15)11-9(5)14)8-2-6(13)7(20-8)4-19-21(16,17)18/h2,4-15H2,1,3H3;3,6-8,13H,2,4H2,1H3,(H,11,14,15)(H2,16,17,18)/t;6-,7+,8+/m.0/s1. The summed E-state index contributed by atoms with van der Waals surface area (Å²) in [6, 6.07) is 0. The third kappa shape index (κ3) is 15.1. The number of unbranched alkanes of at least 4 members (excludes halogenated alkanes) is 10. The van der Waals surface area contributed by atoms with Gasteiger partial charge in [0.15, 0.2) is 0 Å². The predicted octanol–water partition coefficient (Wildman–Crippen LogP) is 4.02. The Morgan fingerprint density at radius 1 is 1.10 bits per heavy atom.